The highest BCUT2D eigenvalue weighted by Gasteiger charge is 2.21. The van der Waals surface area contributed by atoms with Crippen molar-refractivity contribution >= 4 is 29.7 Å². The molecule has 2 unspecified atom stereocenters. The summed E-state index contributed by atoms with van der Waals surface area (Å²) >= 11 is 0. The normalized spacial score (nSPS) is 12.3. The van der Waals surface area contributed by atoms with Crippen LogP contribution in [0, 0.1) is 0 Å². The molecule has 0 heterocycles. The van der Waals surface area contributed by atoms with Gasteiger partial charge in [-0.25, -0.2) is 0 Å². The fraction of sp³-hybridized carbons (Fsp3) is 0.353. The molecule has 4 N–H and O–H groups in total. The topological polar surface area (TPSA) is 151 Å². The summed E-state index contributed by atoms with van der Waals surface area (Å²) in [5.74, 6) is -3.72. The van der Waals surface area contributed by atoms with Crippen molar-refractivity contribution in [3.63, 3.8) is 0 Å². The molecule has 0 saturated carbocycles. The predicted octanol–water partition coefficient (Wildman–Crippen LogP) is -0.564. The van der Waals surface area contributed by atoms with E-state index < -0.39 is 48.3 Å². The van der Waals surface area contributed by atoms with Crippen LogP contribution in [0.5, 0.6) is 5.75 Å². The van der Waals surface area contributed by atoms with Crippen LogP contribution >= 0.6 is 0 Å². The van der Waals surface area contributed by atoms with Gasteiger partial charge in [-0.3, -0.25) is 24.0 Å². The van der Waals surface area contributed by atoms with Gasteiger partial charge < -0.3 is 25.8 Å². The molecule has 0 radical (unpaired) electrons. The molecular formula is C17H21N3O7. The second kappa shape index (κ2) is 9.90. The van der Waals surface area contributed by atoms with Crippen molar-refractivity contribution in [3.05, 3.63) is 29.8 Å². The number of aliphatic carboxylic acids is 1. The lowest BCUT2D eigenvalue weighted by atomic mass is 10.2. The molecule has 0 aliphatic heterocycles. The first-order valence-electron chi connectivity index (χ1n) is 8.00. The number of rotatable bonds is 8. The first kappa shape index (κ1) is 21.6. The maximum Gasteiger partial charge on any atom is 0.325 e. The van der Waals surface area contributed by atoms with E-state index in [1.165, 1.54) is 32.9 Å². The summed E-state index contributed by atoms with van der Waals surface area (Å²) in [6.45, 7) is 3.42. The zero-order chi connectivity index (χ0) is 20.6. The molecule has 0 bridgehead atoms. The van der Waals surface area contributed by atoms with Crippen LogP contribution in [0.15, 0.2) is 24.3 Å². The van der Waals surface area contributed by atoms with Crippen molar-refractivity contribution in [2.24, 2.45) is 0 Å². The van der Waals surface area contributed by atoms with Gasteiger partial charge in [0.25, 0.3) is 5.91 Å². The number of hydrogen-bond acceptors (Lipinski definition) is 6. The second-order valence-corrected chi connectivity index (χ2v) is 5.63. The van der Waals surface area contributed by atoms with Crippen molar-refractivity contribution in [1.82, 2.24) is 16.0 Å². The summed E-state index contributed by atoms with van der Waals surface area (Å²) in [5, 5.41) is 15.6. The van der Waals surface area contributed by atoms with Crippen LogP contribution in [0.3, 0.4) is 0 Å². The Bertz CT molecular complexity index is 748. The third-order valence-electron chi connectivity index (χ3n) is 3.29. The number of nitrogens with one attached hydrogen (secondary N) is 3. The van der Waals surface area contributed by atoms with Gasteiger partial charge in [-0.2, -0.15) is 0 Å². The highest BCUT2D eigenvalue weighted by molar-refractivity contribution is 5.99. The molecule has 2 atom stereocenters. The van der Waals surface area contributed by atoms with E-state index in [2.05, 4.69) is 16.0 Å². The molecule has 146 valence electrons. The maximum atomic E-state index is 12.2. The average molecular weight is 379 g/mol. The molecule has 1 aromatic carbocycles. The van der Waals surface area contributed by atoms with Crippen molar-refractivity contribution < 1.29 is 33.8 Å². The fourth-order valence-electron chi connectivity index (χ4n) is 1.91. The van der Waals surface area contributed by atoms with E-state index in [-0.39, 0.29) is 11.3 Å². The summed E-state index contributed by atoms with van der Waals surface area (Å²) in [6.07, 6.45) is 0. The molecule has 0 saturated heterocycles. The maximum absolute atomic E-state index is 12.2. The number of carboxylic acid groups (broad SMARTS) is 1. The van der Waals surface area contributed by atoms with Gasteiger partial charge in [-0.1, -0.05) is 12.1 Å². The second-order valence-electron chi connectivity index (χ2n) is 5.63. The molecular weight excluding hydrogens is 358 g/mol. The summed E-state index contributed by atoms with van der Waals surface area (Å²) in [6, 6.07) is 3.92. The first-order valence-corrected chi connectivity index (χ1v) is 8.00. The summed E-state index contributed by atoms with van der Waals surface area (Å²) < 4.78 is 4.92. The Morgan fingerprint density at radius 2 is 1.67 bits per heavy atom. The van der Waals surface area contributed by atoms with Crippen molar-refractivity contribution in [3.8, 4) is 5.75 Å². The zero-order valence-corrected chi connectivity index (χ0v) is 15.1. The summed E-state index contributed by atoms with van der Waals surface area (Å²) in [4.78, 5) is 57.6. The predicted molar refractivity (Wildman–Crippen MR) is 92.9 cm³/mol. The SMILES string of the molecule is CC(=O)Oc1ccccc1C(=O)NCC(=O)NC(C)C(=O)NC(C)C(=O)O. The molecule has 10 nitrogen and oxygen atoms in total. The van der Waals surface area contributed by atoms with E-state index >= 15 is 0 Å². The Kier molecular flexibility index (Phi) is 7.92. The van der Waals surface area contributed by atoms with Gasteiger partial charge in [0.1, 0.15) is 17.8 Å². The third kappa shape index (κ3) is 7.14. The summed E-state index contributed by atoms with van der Waals surface area (Å²) in [7, 11) is 0. The van der Waals surface area contributed by atoms with E-state index in [1.54, 1.807) is 12.1 Å². The minimum absolute atomic E-state index is 0.0540. The molecule has 0 aliphatic rings. The Balaban J connectivity index is 2.57. The number of amides is 3. The minimum atomic E-state index is -1.21. The molecule has 27 heavy (non-hydrogen) atoms. The van der Waals surface area contributed by atoms with Gasteiger partial charge in [0.2, 0.25) is 11.8 Å². The number of ether oxygens (including phenoxy) is 1. The molecule has 0 fully saturated rings. The molecule has 3 amide bonds. The zero-order valence-electron chi connectivity index (χ0n) is 15.1. The Morgan fingerprint density at radius 3 is 2.26 bits per heavy atom. The van der Waals surface area contributed by atoms with E-state index in [9.17, 15) is 24.0 Å². The van der Waals surface area contributed by atoms with Crippen LogP contribution in [-0.4, -0.2) is 53.4 Å². The first-order chi connectivity index (χ1) is 12.6. The third-order valence-corrected chi connectivity index (χ3v) is 3.29. The van der Waals surface area contributed by atoms with Crippen LogP contribution < -0.4 is 20.7 Å². The lowest BCUT2D eigenvalue weighted by Gasteiger charge is -2.16. The van der Waals surface area contributed by atoms with Gasteiger partial charge in [-0.15, -0.1) is 0 Å². The Labute approximate surface area is 155 Å². The van der Waals surface area contributed by atoms with E-state index in [1.807, 2.05) is 0 Å². The average Bonchev–Trinajstić information content (AvgIpc) is 2.59. The van der Waals surface area contributed by atoms with Crippen LogP contribution in [0.1, 0.15) is 31.1 Å². The molecule has 10 heteroatoms. The quantitative estimate of drug-likeness (QED) is 0.349. The van der Waals surface area contributed by atoms with Crippen LogP contribution in [0.2, 0.25) is 0 Å². The monoisotopic (exact) mass is 379 g/mol. The Hall–Kier alpha value is -3.43. The van der Waals surface area contributed by atoms with Crippen molar-refractivity contribution in [2.75, 3.05) is 6.54 Å². The smallest absolute Gasteiger partial charge is 0.325 e. The number of carbonyl (C=O) groups excluding carboxylic acids is 4. The van der Waals surface area contributed by atoms with Crippen LogP contribution in [0.4, 0.5) is 0 Å². The minimum Gasteiger partial charge on any atom is -0.480 e. The lowest BCUT2D eigenvalue weighted by Crippen LogP contribution is -2.51. The fourth-order valence-corrected chi connectivity index (χ4v) is 1.91. The number of hydrogen-bond donors (Lipinski definition) is 4. The van der Waals surface area contributed by atoms with E-state index in [0.717, 1.165) is 0 Å². The van der Waals surface area contributed by atoms with E-state index in [4.69, 9.17) is 9.84 Å². The lowest BCUT2D eigenvalue weighted by molar-refractivity contribution is -0.141. The number of esters is 1. The van der Waals surface area contributed by atoms with Gasteiger partial charge >= 0.3 is 11.9 Å². The van der Waals surface area contributed by atoms with Crippen LogP contribution in [0.25, 0.3) is 0 Å². The van der Waals surface area contributed by atoms with Crippen molar-refractivity contribution in [2.45, 2.75) is 32.9 Å². The number of para-hydroxylation sites is 1. The molecule has 0 spiro atoms. The molecule has 0 aromatic heterocycles. The van der Waals surface area contributed by atoms with E-state index in [0.29, 0.717) is 0 Å². The van der Waals surface area contributed by atoms with Crippen molar-refractivity contribution in [1.29, 1.82) is 0 Å². The van der Waals surface area contributed by atoms with Gasteiger partial charge in [0.05, 0.1) is 12.1 Å². The molecule has 0 aliphatic carbocycles. The van der Waals surface area contributed by atoms with Gasteiger partial charge in [0.15, 0.2) is 0 Å². The number of benzene rings is 1. The number of carbonyl (C=O) groups is 5. The standard InChI is InChI=1S/C17H21N3O7/c1-9(15(23)20-10(2)17(25)26)19-14(22)8-18-16(24)12-6-4-5-7-13(12)27-11(3)21/h4-7,9-10H,8H2,1-3H3,(H,18,24)(H,19,22)(H,20,23)(H,25,26). The molecule has 1 aromatic rings. The van der Waals surface area contributed by atoms with Gasteiger partial charge in [0, 0.05) is 6.92 Å². The highest BCUT2D eigenvalue weighted by atomic mass is 16.5. The highest BCUT2D eigenvalue weighted by Crippen LogP contribution is 2.17. The number of carboxylic acids is 1. The summed E-state index contributed by atoms with van der Waals surface area (Å²) in [5.41, 5.74) is 0.0709. The Morgan fingerprint density at radius 1 is 1.04 bits per heavy atom. The molecule has 1 rings (SSSR count). The van der Waals surface area contributed by atoms with Crippen LogP contribution in [-0.2, 0) is 19.2 Å². The largest absolute Gasteiger partial charge is 0.480 e. The van der Waals surface area contributed by atoms with Gasteiger partial charge in [-0.05, 0) is 26.0 Å².